The van der Waals surface area contributed by atoms with Gasteiger partial charge in [-0.3, -0.25) is 9.59 Å². The molecule has 0 aliphatic heterocycles. The van der Waals surface area contributed by atoms with E-state index in [1.165, 1.54) is 17.7 Å². The van der Waals surface area contributed by atoms with Crippen LogP contribution in [-0.4, -0.2) is 45.8 Å². The number of fused-ring (bicyclic) bond motifs is 5. The lowest BCUT2D eigenvalue weighted by Gasteiger charge is -2.59. The number of nitrogens with one attached hydrogen (secondary N) is 1. The van der Waals surface area contributed by atoms with E-state index < -0.39 is 11.6 Å². The van der Waals surface area contributed by atoms with Crippen molar-refractivity contribution >= 4 is 23.4 Å². The fraction of sp³-hybridized carbons (Fsp3) is 0.613. The number of Topliss-reactive ketones (excluding diaryl/α,β-unsaturated/α-hetero) is 1. The van der Waals surface area contributed by atoms with Gasteiger partial charge < -0.3 is 20.4 Å². The van der Waals surface area contributed by atoms with Crippen LogP contribution in [0.15, 0.2) is 41.1 Å². The summed E-state index contributed by atoms with van der Waals surface area (Å²) in [7, 11) is 0. The molecule has 39 heavy (non-hydrogen) atoms. The molecule has 0 radical (unpaired) electrons. The Morgan fingerprint density at radius 2 is 1.74 bits per heavy atom. The van der Waals surface area contributed by atoms with Crippen molar-refractivity contribution in [1.82, 2.24) is 5.32 Å². The van der Waals surface area contributed by atoms with Gasteiger partial charge in [0.05, 0.1) is 11.3 Å². The molecule has 1 amide bonds. The normalized spacial score (nSPS) is 36.3. The third-order valence-electron chi connectivity index (χ3n) is 10.8. The van der Waals surface area contributed by atoms with Crippen LogP contribution in [0.25, 0.3) is 0 Å². The number of hydrogen-bond donors (Lipinski definition) is 3. The largest absolute Gasteiger partial charge is 0.478 e. The smallest absolute Gasteiger partial charge is 0.335 e. The summed E-state index contributed by atoms with van der Waals surface area (Å²) in [6.07, 6.45) is 9.46. The van der Waals surface area contributed by atoms with Gasteiger partial charge in [-0.15, -0.1) is 0 Å². The highest BCUT2D eigenvalue weighted by molar-refractivity contribution is 5.96. The van der Waals surface area contributed by atoms with Gasteiger partial charge in [-0.05, 0) is 105 Å². The number of carboxylic acids is 1. The fourth-order valence-electron chi connectivity index (χ4n) is 8.43. The Labute approximate surface area is 229 Å². The van der Waals surface area contributed by atoms with Crippen molar-refractivity contribution in [2.24, 2.45) is 33.7 Å². The maximum atomic E-state index is 12.4. The summed E-state index contributed by atoms with van der Waals surface area (Å²) in [4.78, 5) is 41.0. The van der Waals surface area contributed by atoms with E-state index in [0.717, 1.165) is 56.2 Å². The Hall–Kier alpha value is -3.00. The van der Waals surface area contributed by atoms with E-state index in [-0.39, 0.29) is 41.2 Å². The van der Waals surface area contributed by atoms with Crippen molar-refractivity contribution in [3.05, 3.63) is 47.0 Å². The summed E-state index contributed by atoms with van der Waals surface area (Å²) in [6.45, 7) is 6.20. The average molecular weight is 537 g/mol. The molecule has 0 unspecified atom stereocenters. The molecular weight excluding hydrogens is 496 g/mol. The van der Waals surface area contributed by atoms with E-state index >= 15 is 0 Å². The third-order valence-corrected chi connectivity index (χ3v) is 10.8. The summed E-state index contributed by atoms with van der Waals surface area (Å²) in [5, 5.41) is 27.4. The first kappa shape index (κ1) is 27.6. The number of ketones is 1. The number of carboxylic acid groups (broad SMARTS) is 1. The van der Waals surface area contributed by atoms with Crippen LogP contribution in [0.1, 0.15) is 88.1 Å². The molecule has 1 aromatic carbocycles. The standard InChI is InChI=1S/C31H40N2O6/c1-19(34)31(38)15-12-26-24-9-8-22-16-23(10-13-29(22,2)25(24)11-14-30(26,31)3)33-39-18-27(35)32-17-20-4-6-21(7-5-20)28(36)37/h4-7,16,24-26,38H,8-15,17-18H2,1-3H3,(H,32,35)(H,36,37)/b33-23+/t24-,25+,26+,29+,30+,31+/m1/s1. The number of nitrogens with zero attached hydrogens (tertiary/aromatic N) is 1. The van der Waals surface area contributed by atoms with Crippen LogP contribution < -0.4 is 5.32 Å². The van der Waals surface area contributed by atoms with E-state index in [1.807, 2.05) is 0 Å². The number of hydrogen-bond acceptors (Lipinski definition) is 6. The molecule has 3 saturated carbocycles. The van der Waals surface area contributed by atoms with Crippen LogP contribution in [0.2, 0.25) is 0 Å². The molecule has 4 aliphatic carbocycles. The average Bonchev–Trinajstić information content (AvgIpc) is 3.19. The molecular formula is C31H40N2O6. The van der Waals surface area contributed by atoms with Crippen LogP contribution in [-0.2, 0) is 21.0 Å². The monoisotopic (exact) mass is 536 g/mol. The van der Waals surface area contributed by atoms with Gasteiger partial charge in [-0.25, -0.2) is 4.79 Å². The molecule has 0 spiro atoms. The summed E-state index contributed by atoms with van der Waals surface area (Å²) >= 11 is 0. The minimum Gasteiger partial charge on any atom is -0.478 e. The quantitative estimate of drug-likeness (QED) is 0.436. The zero-order chi connectivity index (χ0) is 28.0. The van der Waals surface area contributed by atoms with Gasteiger partial charge in [-0.1, -0.05) is 36.7 Å². The topological polar surface area (TPSA) is 125 Å². The Bertz CT molecular complexity index is 1220. The molecule has 0 heterocycles. The van der Waals surface area contributed by atoms with Crippen molar-refractivity contribution in [2.45, 2.75) is 84.3 Å². The third kappa shape index (κ3) is 4.71. The Balaban J connectivity index is 1.18. The first-order chi connectivity index (χ1) is 18.5. The molecule has 6 atom stereocenters. The summed E-state index contributed by atoms with van der Waals surface area (Å²) in [6, 6.07) is 6.37. The maximum absolute atomic E-state index is 12.4. The zero-order valence-corrected chi connectivity index (χ0v) is 23.2. The Kier molecular flexibility index (Phi) is 7.20. The van der Waals surface area contributed by atoms with Crippen LogP contribution in [0.5, 0.6) is 0 Å². The fourth-order valence-corrected chi connectivity index (χ4v) is 8.43. The molecule has 0 saturated heterocycles. The van der Waals surface area contributed by atoms with E-state index in [0.29, 0.717) is 24.2 Å². The van der Waals surface area contributed by atoms with Gasteiger partial charge >= 0.3 is 5.97 Å². The molecule has 8 heteroatoms. The number of amides is 1. The maximum Gasteiger partial charge on any atom is 0.335 e. The SMILES string of the molecule is CC(=O)[C@@]1(O)CC[C@H]2[C@@H]3CCC4=C/C(=N/OCC(=O)NCc5ccc(C(=O)O)cc5)CC[C@]4(C)[C@H]3CC[C@@]21C. The van der Waals surface area contributed by atoms with Gasteiger partial charge in [0.1, 0.15) is 5.60 Å². The highest BCUT2D eigenvalue weighted by Crippen LogP contribution is 2.67. The number of carbonyl (C=O) groups is 3. The van der Waals surface area contributed by atoms with Crippen LogP contribution in [0.3, 0.4) is 0 Å². The molecule has 3 N–H and O–H groups in total. The number of aromatic carboxylic acids is 1. The van der Waals surface area contributed by atoms with Crippen molar-refractivity contribution in [2.75, 3.05) is 6.61 Å². The molecule has 8 nitrogen and oxygen atoms in total. The lowest BCUT2D eigenvalue weighted by molar-refractivity contribution is -0.159. The lowest BCUT2D eigenvalue weighted by Crippen LogP contribution is -2.57. The molecule has 4 aliphatic rings. The van der Waals surface area contributed by atoms with Crippen molar-refractivity contribution in [3.8, 4) is 0 Å². The van der Waals surface area contributed by atoms with Gasteiger partial charge in [0, 0.05) is 12.0 Å². The van der Waals surface area contributed by atoms with Crippen molar-refractivity contribution in [1.29, 1.82) is 0 Å². The minimum atomic E-state index is -1.18. The van der Waals surface area contributed by atoms with Gasteiger partial charge in [-0.2, -0.15) is 0 Å². The second kappa shape index (κ2) is 10.2. The number of oxime groups is 1. The number of carbonyl (C=O) groups excluding carboxylic acids is 2. The number of aliphatic hydroxyl groups is 1. The molecule has 5 rings (SSSR count). The molecule has 3 fully saturated rings. The highest BCUT2D eigenvalue weighted by Gasteiger charge is 2.65. The second-order valence-electron chi connectivity index (χ2n) is 12.5. The molecule has 210 valence electrons. The number of benzene rings is 1. The van der Waals surface area contributed by atoms with E-state index in [4.69, 9.17) is 9.94 Å². The molecule has 0 aromatic heterocycles. The summed E-state index contributed by atoms with van der Waals surface area (Å²) in [5.41, 5.74) is 1.87. The van der Waals surface area contributed by atoms with Crippen molar-refractivity contribution < 1.29 is 29.4 Å². The van der Waals surface area contributed by atoms with Crippen LogP contribution in [0.4, 0.5) is 0 Å². The van der Waals surface area contributed by atoms with E-state index in [1.54, 1.807) is 19.1 Å². The Morgan fingerprint density at radius 1 is 1.03 bits per heavy atom. The summed E-state index contributed by atoms with van der Waals surface area (Å²) in [5.74, 6) is 0.108. The first-order valence-electron chi connectivity index (χ1n) is 14.2. The number of allylic oxidation sites excluding steroid dienone is 2. The van der Waals surface area contributed by atoms with Crippen molar-refractivity contribution in [3.63, 3.8) is 0 Å². The number of rotatable bonds is 7. The predicted molar refractivity (Wildman–Crippen MR) is 146 cm³/mol. The second-order valence-corrected chi connectivity index (χ2v) is 12.5. The highest BCUT2D eigenvalue weighted by atomic mass is 16.6. The summed E-state index contributed by atoms with van der Waals surface area (Å²) < 4.78 is 0. The van der Waals surface area contributed by atoms with E-state index in [9.17, 15) is 19.5 Å². The van der Waals surface area contributed by atoms with Crippen LogP contribution in [0, 0.1) is 28.6 Å². The van der Waals surface area contributed by atoms with Gasteiger partial charge in [0.25, 0.3) is 5.91 Å². The lowest BCUT2D eigenvalue weighted by atomic mass is 9.46. The Morgan fingerprint density at radius 3 is 2.44 bits per heavy atom. The zero-order valence-electron chi connectivity index (χ0n) is 23.2. The van der Waals surface area contributed by atoms with E-state index in [2.05, 4.69) is 30.4 Å². The van der Waals surface area contributed by atoms with Gasteiger partial charge in [0.2, 0.25) is 0 Å². The molecule has 1 aromatic rings. The molecule has 0 bridgehead atoms. The minimum absolute atomic E-state index is 0.0739. The van der Waals surface area contributed by atoms with Gasteiger partial charge in [0.15, 0.2) is 12.4 Å². The predicted octanol–water partition coefficient (Wildman–Crippen LogP) is 4.66. The van der Waals surface area contributed by atoms with Crippen LogP contribution >= 0.6 is 0 Å². The first-order valence-corrected chi connectivity index (χ1v) is 14.2.